The Labute approximate surface area is 158 Å². The van der Waals surface area contributed by atoms with Crippen LogP contribution in [0.15, 0.2) is 54.2 Å². The third-order valence-electron chi connectivity index (χ3n) is 4.79. The van der Waals surface area contributed by atoms with Crippen molar-refractivity contribution in [3.63, 3.8) is 0 Å². The minimum atomic E-state index is -0.466. The fraction of sp³-hybridized carbons (Fsp3) is 0.273. The highest BCUT2D eigenvalue weighted by Gasteiger charge is 2.16. The quantitative estimate of drug-likeness (QED) is 0.611. The Bertz CT molecular complexity index is 914. The minimum absolute atomic E-state index is 0.0657. The van der Waals surface area contributed by atoms with E-state index in [4.69, 9.17) is 0 Å². The van der Waals surface area contributed by atoms with Crippen molar-refractivity contribution in [2.75, 3.05) is 5.32 Å². The molecule has 0 bridgehead atoms. The van der Waals surface area contributed by atoms with E-state index in [1.807, 2.05) is 19.1 Å². The molecule has 2 aromatic rings. The van der Waals surface area contributed by atoms with Gasteiger partial charge in [0.05, 0.1) is 6.04 Å². The van der Waals surface area contributed by atoms with E-state index in [9.17, 15) is 14.4 Å². The van der Waals surface area contributed by atoms with Crippen molar-refractivity contribution in [2.45, 2.75) is 38.6 Å². The number of rotatable bonds is 5. The fourth-order valence-electron chi connectivity index (χ4n) is 3.26. The van der Waals surface area contributed by atoms with Gasteiger partial charge in [-0.25, -0.2) is 4.39 Å². The van der Waals surface area contributed by atoms with Crippen LogP contribution in [0.1, 0.15) is 42.5 Å². The van der Waals surface area contributed by atoms with Gasteiger partial charge in [0.1, 0.15) is 17.5 Å². The van der Waals surface area contributed by atoms with Crippen molar-refractivity contribution < 1.29 is 9.18 Å². The number of anilines is 1. The summed E-state index contributed by atoms with van der Waals surface area (Å²) in [5.41, 5.74) is 4.17. The van der Waals surface area contributed by atoms with Crippen LogP contribution < -0.4 is 10.6 Å². The van der Waals surface area contributed by atoms with Gasteiger partial charge in [-0.3, -0.25) is 4.79 Å². The normalized spacial score (nSPS) is 14.6. The van der Waals surface area contributed by atoms with Crippen LogP contribution in [0.4, 0.5) is 10.1 Å². The Balaban J connectivity index is 1.67. The molecular formula is C22H22FN3O. The zero-order valence-electron chi connectivity index (χ0n) is 15.3. The molecule has 1 aliphatic rings. The molecule has 2 N–H and O–H groups in total. The highest BCUT2D eigenvalue weighted by molar-refractivity contribution is 5.97. The molecule has 0 aliphatic heterocycles. The van der Waals surface area contributed by atoms with Crippen LogP contribution >= 0.6 is 0 Å². The molecule has 1 aliphatic carbocycles. The Morgan fingerprint density at radius 1 is 1.19 bits per heavy atom. The van der Waals surface area contributed by atoms with Gasteiger partial charge in [0.15, 0.2) is 0 Å². The second-order valence-electron chi connectivity index (χ2n) is 6.75. The molecule has 0 aromatic heterocycles. The zero-order valence-corrected chi connectivity index (χ0v) is 15.3. The van der Waals surface area contributed by atoms with Crippen LogP contribution in [0.3, 0.4) is 0 Å². The molecule has 0 saturated carbocycles. The molecule has 2 aromatic carbocycles. The third kappa shape index (κ3) is 4.73. The number of carbonyl (C=O) groups is 1. The first kappa shape index (κ1) is 18.7. The van der Waals surface area contributed by atoms with Crippen LogP contribution in [0.25, 0.3) is 0 Å². The lowest BCUT2D eigenvalue weighted by Gasteiger charge is -2.20. The number of aryl methyl sites for hydroxylation is 2. The summed E-state index contributed by atoms with van der Waals surface area (Å²) in [6.45, 7) is 1.90. The smallest absolute Gasteiger partial charge is 0.263 e. The molecule has 1 unspecified atom stereocenters. The number of fused-ring (bicyclic) bond motifs is 1. The summed E-state index contributed by atoms with van der Waals surface area (Å²) in [4.78, 5) is 12.4. The molecule has 138 valence electrons. The van der Waals surface area contributed by atoms with Gasteiger partial charge in [-0.15, -0.1) is 0 Å². The van der Waals surface area contributed by atoms with Crippen molar-refractivity contribution in [2.24, 2.45) is 0 Å². The monoisotopic (exact) mass is 363 g/mol. The summed E-state index contributed by atoms with van der Waals surface area (Å²) in [6, 6.07) is 13.8. The Kier molecular flexibility index (Phi) is 5.87. The van der Waals surface area contributed by atoms with Crippen molar-refractivity contribution in [3.8, 4) is 6.07 Å². The van der Waals surface area contributed by atoms with E-state index in [2.05, 4.69) is 22.8 Å². The summed E-state index contributed by atoms with van der Waals surface area (Å²) in [7, 11) is 0. The molecular weight excluding hydrogens is 341 g/mol. The van der Waals surface area contributed by atoms with Crippen LogP contribution in [0.2, 0.25) is 0 Å². The van der Waals surface area contributed by atoms with E-state index < -0.39 is 11.7 Å². The Hall–Kier alpha value is -3.13. The Morgan fingerprint density at radius 3 is 2.70 bits per heavy atom. The number of hydrogen-bond acceptors (Lipinski definition) is 3. The number of hydrogen-bond donors (Lipinski definition) is 2. The van der Waals surface area contributed by atoms with Crippen LogP contribution in [-0.4, -0.2) is 5.91 Å². The number of nitrogens with zero attached hydrogens (tertiary/aromatic N) is 1. The van der Waals surface area contributed by atoms with E-state index in [0.717, 1.165) is 18.4 Å². The van der Waals surface area contributed by atoms with Crippen molar-refractivity contribution in [1.82, 2.24) is 5.32 Å². The van der Waals surface area contributed by atoms with Crippen molar-refractivity contribution in [3.05, 3.63) is 76.7 Å². The summed E-state index contributed by atoms with van der Waals surface area (Å²) < 4.78 is 13.2. The summed E-state index contributed by atoms with van der Waals surface area (Å²) in [6.07, 6.45) is 5.91. The standard InChI is InChI=1S/C22H22FN3O/c1-15(17-10-9-16-5-2-3-6-18(16)11-17)26-22(27)19(13-24)14-25-21-8-4-7-20(23)12-21/h4,7-12,14-15,25H,2-3,5-6H2,1H3,(H,26,27)/b19-14-. The SMILES string of the molecule is CC(NC(=O)/C(C#N)=C\Nc1cccc(F)c1)c1ccc2c(c1)CCCC2. The average molecular weight is 363 g/mol. The summed E-state index contributed by atoms with van der Waals surface area (Å²) in [5, 5.41) is 14.9. The molecule has 0 saturated heterocycles. The number of benzene rings is 2. The molecule has 0 radical (unpaired) electrons. The lowest BCUT2D eigenvalue weighted by Crippen LogP contribution is -2.28. The molecule has 4 nitrogen and oxygen atoms in total. The lowest BCUT2D eigenvalue weighted by molar-refractivity contribution is -0.117. The predicted octanol–water partition coefficient (Wildman–Crippen LogP) is 4.40. The number of carbonyl (C=O) groups excluding carboxylic acids is 1. The maximum absolute atomic E-state index is 13.2. The highest BCUT2D eigenvalue weighted by Crippen LogP contribution is 2.25. The number of nitriles is 1. The first-order valence-corrected chi connectivity index (χ1v) is 9.12. The highest BCUT2D eigenvalue weighted by atomic mass is 19.1. The largest absolute Gasteiger partial charge is 0.360 e. The van der Waals surface area contributed by atoms with Gasteiger partial charge in [-0.1, -0.05) is 24.3 Å². The lowest BCUT2D eigenvalue weighted by atomic mass is 9.89. The maximum atomic E-state index is 13.2. The number of halogens is 1. The molecule has 1 amide bonds. The molecule has 1 atom stereocenters. The number of amides is 1. The second-order valence-corrected chi connectivity index (χ2v) is 6.75. The zero-order chi connectivity index (χ0) is 19.2. The van der Waals surface area contributed by atoms with Crippen LogP contribution in [-0.2, 0) is 17.6 Å². The van der Waals surface area contributed by atoms with Gasteiger partial charge in [0.2, 0.25) is 0 Å². The first-order valence-electron chi connectivity index (χ1n) is 9.12. The van der Waals surface area contributed by atoms with Crippen molar-refractivity contribution in [1.29, 1.82) is 5.26 Å². The van der Waals surface area contributed by atoms with Gasteiger partial charge in [0, 0.05) is 11.9 Å². The minimum Gasteiger partial charge on any atom is -0.360 e. The second kappa shape index (κ2) is 8.50. The molecule has 0 heterocycles. The topological polar surface area (TPSA) is 64.9 Å². The predicted molar refractivity (Wildman–Crippen MR) is 103 cm³/mol. The molecule has 0 spiro atoms. The molecule has 5 heteroatoms. The van der Waals surface area contributed by atoms with Crippen LogP contribution in [0, 0.1) is 17.1 Å². The van der Waals surface area contributed by atoms with E-state index in [0.29, 0.717) is 5.69 Å². The van der Waals surface area contributed by atoms with Gasteiger partial charge >= 0.3 is 0 Å². The fourth-order valence-corrected chi connectivity index (χ4v) is 3.26. The molecule has 0 fully saturated rings. The van der Waals surface area contributed by atoms with Gasteiger partial charge < -0.3 is 10.6 Å². The van der Waals surface area contributed by atoms with Gasteiger partial charge in [-0.2, -0.15) is 5.26 Å². The van der Waals surface area contributed by atoms with E-state index >= 15 is 0 Å². The molecule has 3 rings (SSSR count). The summed E-state index contributed by atoms with van der Waals surface area (Å²) >= 11 is 0. The third-order valence-corrected chi connectivity index (χ3v) is 4.79. The average Bonchev–Trinajstić information content (AvgIpc) is 2.68. The van der Waals surface area contributed by atoms with Crippen LogP contribution in [0.5, 0.6) is 0 Å². The van der Waals surface area contributed by atoms with Gasteiger partial charge in [0.25, 0.3) is 5.91 Å². The molecule has 27 heavy (non-hydrogen) atoms. The first-order chi connectivity index (χ1) is 13.1. The van der Waals surface area contributed by atoms with Crippen molar-refractivity contribution >= 4 is 11.6 Å². The summed E-state index contributed by atoms with van der Waals surface area (Å²) in [5.74, 6) is -0.857. The van der Waals surface area contributed by atoms with E-state index in [1.165, 1.54) is 42.3 Å². The van der Waals surface area contributed by atoms with E-state index in [-0.39, 0.29) is 11.6 Å². The number of nitrogens with one attached hydrogen (secondary N) is 2. The van der Waals surface area contributed by atoms with E-state index in [1.54, 1.807) is 12.1 Å². The Morgan fingerprint density at radius 2 is 1.96 bits per heavy atom. The maximum Gasteiger partial charge on any atom is 0.263 e. The van der Waals surface area contributed by atoms with Gasteiger partial charge in [-0.05, 0) is 67.5 Å².